The second-order valence-corrected chi connectivity index (χ2v) is 10.4. The summed E-state index contributed by atoms with van der Waals surface area (Å²) in [5.41, 5.74) is 2.65. The Morgan fingerprint density at radius 2 is 1.83 bits per heavy atom. The third-order valence-electron chi connectivity index (χ3n) is 7.45. The summed E-state index contributed by atoms with van der Waals surface area (Å²) in [6.45, 7) is 1.60. The summed E-state index contributed by atoms with van der Waals surface area (Å²) in [5, 5.41) is 19.0. The van der Waals surface area contributed by atoms with Crippen LogP contribution >= 0.6 is 0 Å². The van der Waals surface area contributed by atoms with Gasteiger partial charge in [0, 0.05) is 47.4 Å². The number of carbonyl (C=O) groups is 2. The van der Waals surface area contributed by atoms with Gasteiger partial charge in [-0.05, 0) is 80.1 Å². The van der Waals surface area contributed by atoms with E-state index in [2.05, 4.69) is 22.0 Å². The van der Waals surface area contributed by atoms with E-state index < -0.39 is 18.0 Å². The number of nitrogens with zero attached hydrogens (tertiary/aromatic N) is 1. The Labute approximate surface area is 236 Å². The van der Waals surface area contributed by atoms with E-state index >= 15 is 0 Å². The first kappa shape index (κ1) is 27.8. The minimum absolute atomic E-state index is 0.132. The highest BCUT2D eigenvalue weighted by Crippen LogP contribution is 2.41. The molecule has 1 unspecified atom stereocenters. The molecular weight excluding hydrogens is 526 g/mol. The summed E-state index contributed by atoms with van der Waals surface area (Å²) in [7, 11) is 1.52. The average Bonchev–Trinajstić information content (AvgIpc) is 3.79. The highest BCUT2D eigenvalue weighted by Gasteiger charge is 2.43. The van der Waals surface area contributed by atoms with E-state index in [1.165, 1.54) is 19.2 Å². The minimum atomic E-state index is -0.943. The molecule has 7 nitrogen and oxygen atoms in total. The van der Waals surface area contributed by atoms with E-state index in [1.54, 1.807) is 49.4 Å². The third kappa shape index (κ3) is 5.64. The van der Waals surface area contributed by atoms with Gasteiger partial charge in [-0.15, -0.1) is 0 Å². The van der Waals surface area contributed by atoms with Crippen molar-refractivity contribution in [3.05, 3.63) is 77.6 Å². The molecule has 1 aliphatic rings. The number of fused-ring (bicyclic) bond motifs is 1. The first-order valence-corrected chi connectivity index (χ1v) is 13.5. The molecule has 1 atom stereocenters. The number of benzene rings is 3. The smallest absolute Gasteiger partial charge is 0.255 e. The number of carbonyl (C=O) groups excluding carboxylic acids is 2. The van der Waals surface area contributed by atoms with Crippen LogP contribution in [0.15, 0.2) is 65.1 Å². The Kier molecular flexibility index (Phi) is 7.75. The molecule has 9 heteroatoms. The molecule has 3 N–H and O–H groups in total. The molecule has 1 saturated carbocycles. The monoisotopic (exact) mass is 556 g/mol. The van der Waals surface area contributed by atoms with Gasteiger partial charge in [-0.3, -0.25) is 14.0 Å². The Hall–Kier alpha value is -4.71. The van der Waals surface area contributed by atoms with Crippen LogP contribution in [0.2, 0.25) is 0 Å². The van der Waals surface area contributed by atoms with Gasteiger partial charge in [0.2, 0.25) is 0 Å². The van der Waals surface area contributed by atoms with E-state index in [1.807, 2.05) is 6.07 Å². The molecule has 0 aliphatic heterocycles. The van der Waals surface area contributed by atoms with Crippen LogP contribution in [-0.2, 0) is 0 Å². The number of nitriles is 1. The normalized spacial score (nSPS) is 14.2. The van der Waals surface area contributed by atoms with Crippen molar-refractivity contribution in [1.82, 2.24) is 10.6 Å². The highest BCUT2D eigenvalue weighted by atomic mass is 19.1. The molecule has 2 amide bonds. The number of hydrogen-bond acceptors (Lipinski definition) is 5. The van der Waals surface area contributed by atoms with Gasteiger partial charge in [0.1, 0.15) is 22.7 Å². The fourth-order valence-corrected chi connectivity index (χ4v) is 4.99. The summed E-state index contributed by atoms with van der Waals surface area (Å²) in [6, 6.07) is 18.5. The number of anilines is 1. The molecule has 4 aromatic rings. The summed E-state index contributed by atoms with van der Waals surface area (Å²) >= 11 is 0. The summed E-state index contributed by atoms with van der Waals surface area (Å²) in [6.07, 6.45) is 2.09. The second kappa shape index (κ2) is 11.4. The number of furan rings is 1. The van der Waals surface area contributed by atoms with Crippen molar-refractivity contribution in [3.8, 4) is 28.5 Å². The molecule has 1 aromatic heterocycles. The molecule has 5 rings (SSSR count). The maximum Gasteiger partial charge on any atom is 0.255 e. The molecule has 0 saturated heterocycles. The van der Waals surface area contributed by atoms with Gasteiger partial charge in [-0.1, -0.05) is 12.1 Å². The largest absolute Gasteiger partial charge is 0.455 e. The fraction of sp³-hybridized carbons (Fsp3) is 0.281. The zero-order valence-electron chi connectivity index (χ0n) is 22.8. The van der Waals surface area contributed by atoms with Crippen molar-refractivity contribution >= 4 is 28.5 Å². The van der Waals surface area contributed by atoms with Gasteiger partial charge in [0.25, 0.3) is 11.8 Å². The fourth-order valence-electron chi connectivity index (χ4n) is 4.99. The molecule has 210 valence electrons. The number of halogens is 2. The lowest BCUT2D eigenvalue weighted by molar-refractivity contribution is 0.0915. The Morgan fingerprint density at radius 3 is 2.49 bits per heavy atom. The molecule has 1 fully saturated rings. The highest BCUT2D eigenvalue weighted by molar-refractivity contribution is 6.13. The van der Waals surface area contributed by atoms with E-state index in [-0.39, 0.29) is 35.5 Å². The van der Waals surface area contributed by atoms with Crippen LogP contribution < -0.4 is 16.0 Å². The van der Waals surface area contributed by atoms with Crippen molar-refractivity contribution in [2.75, 3.05) is 25.6 Å². The quantitative estimate of drug-likeness (QED) is 0.194. The lowest BCUT2D eigenvalue weighted by Gasteiger charge is -2.23. The summed E-state index contributed by atoms with van der Waals surface area (Å²) in [5.74, 6) is -0.730. The molecule has 0 spiro atoms. The van der Waals surface area contributed by atoms with Crippen LogP contribution in [0.5, 0.6) is 0 Å². The predicted octanol–water partition coefficient (Wildman–Crippen LogP) is 6.46. The van der Waals surface area contributed by atoms with Crippen molar-refractivity contribution in [1.29, 1.82) is 5.26 Å². The van der Waals surface area contributed by atoms with Crippen LogP contribution in [0.25, 0.3) is 33.4 Å². The lowest BCUT2D eigenvalue weighted by atomic mass is 9.95. The first-order chi connectivity index (χ1) is 19.8. The van der Waals surface area contributed by atoms with Gasteiger partial charge in [-0.2, -0.15) is 5.26 Å². The van der Waals surface area contributed by atoms with Gasteiger partial charge in [0.05, 0.1) is 18.3 Å². The van der Waals surface area contributed by atoms with Crippen LogP contribution in [0.3, 0.4) is 0 Å². The van der Waals surface area contributed by atoms with Crippen LogP contribution in [-0.4, -0.2) is 37.6 Å². The number of rotatable bonds is 10. The molecule has 0 bridgehead atoms. The second-order valence-electron chi connectivity index (χ2n) is 10.4. The van der Waals surface area contributed by atoms with E-state index in [0.29, 0.717) is 45.5 Å². The van der Waals surface area contributed by atoms with Crippen molar-refractivity contribution in [2.24, 2.45) is 5.92 Å². The van der Waals surface area contributed by atoms with Crippen molar-refractivity contribution in [3.63, 3.8) is 0 Å². The lowest BCUT2D eigenvalue weighted by Crippen LogP contribution is -2.46. The zero-order valence-corrected chi connectivity index (χ0v) is 22.8. The Bertz CT molecular complexity index is 1650. The standard InChI is InChI=1S/C32H30F2N4O3/c1-32(18-35,22-9-10-22)38-30(39)21-6-3-5-20(15-21)24-16-25-27(17-26(24)37-14-4-13-33)41-29(28(25)31(40)36-2)19-7-11-23(34)12-8-19/h3,5-8,11-12,15-17,22,37H,4,9-10,13-14H2,1-2H3,(H,36,40)(H,38,39). The molecule has 0 radical (unpaired) electrons. The maximum absolute atomic E-state index is 13.6. The number of alkyl halides is 1. The molecular formula is C32H30F2N4O3. The number of nitrogens with one attached hydrogen (secondary N) is 3. The van der Waals surface area contributed by atoms with E-state index in [9.17, 15) is 23.6 Å². The summed E-state index contributed by atoms with van der Waals surface area (Å²) in [4.78, 5) is 26.3. The molecule has 3 aromatic carbocycles. The average molecular weight is 557 g/mol. The molecule has 1 aliphatic carbocycles. The van der Waals surface area contributed by atoms with Crippen molar-refractivity contribution < 1.29 is 22.8 Å². The van der Waals surface area contributed by atoms with Crippen LogP contribution in [0, 0.1) is 23.1 Å². The van der Waals surface area contributed by atoms with E-state index in [4.69, 9.17) is 4.42 Å². The van der Waals surface area contributed by atoms with Crippen LogP contribution in [0.1, 0.15) is 46.9 Å². The first-order valence-electron chi connectivity index (χ1n) is 13.5. The van der Waals surface area contributed by atoms with Crippen LogP contribution in [0.4, 0.5) is 14.5 Å². The number of hydrogen-bond donors (Lipinski definition) is 3. The van der Waals surface area contributed by atoms with E-state index in [0.717, 1.165) is 12.8 Å². The molecule has 41 heavy (non-hydrogen) atoms. The van der Waals surface area contributed by atoms with Gasteiger partial charge in [0.15, 0.2) is 0 Å². The summed E-state index contributed by atoms with van der Waals surface area (Å²) < 4.78 is 32.7. The Balaban J connectivity index is 1.63. The Morgan fingerprint density at radius 1 is 1.07 bits per heavy atom. The van der Waals surface area contributed by atoms with Gasteiger partial charge < -0.3 is 20.4 Å². The number of amides is 2. The minimum Gasteiger partial charge on any atom is -0.455 e. The van der Waals surface area contributed by atoms with Gasteiger partial charge >= 0.3 is 0 Å². The molecule has 1 heterocycles. The third-order valence-corrected chi connectivity index (χ3v) is 7.45. The topological polar surface area (TPSA) is 107 Å². The zero-order chi connectivity index (χ0) is 29.1. The van der Waals surface area contributed by atoms with Gasteiger partial charge in [-0.25, -0.2) is 4.39 Å². The predicted molar refractivity (Wildman–Crippen MR) is 154 cm³/mol. The maximum atomic E-state index is 13.6. The van der Waals surface area contributed by atoms with Crippen molar-refractivity contribution in [2.45, 2.75) is 31.7 Å². The SMILES string of the molecule is CNC(=O)c1c(-c2ccc(F)cc2)oc2cc(NCCCF)c(-c3cccc(C(=O)NC(C)(C#N)C4CC4)c3)cc12.